The fraction of sp³-hybridized carbons (Fsp3) is 0.500. The second kappa shape index (κ2) is 9.09. The van der Waals surface area contributed by atoms with Gasteiger partial charge in [-0.25, -0.2) is 14.3 Å². The summed E-state index contributed by atoms with van der Waals surface area (Å²) in [7, 11) is -4.78. The number of nitrogens with zero attached hydrogens (tertiary/aromatic N) is 2. The molecule has 1 fully saturated rings. The first kappa shape index (κ1) is 24.2. The van der Waals surface area contributed by atoms with Gasteiger partial charge in [-0.1, -0.05) is 0 Å². The summed E-state index contributed by atoms with van der Waals surface area (Å²) >= 11 is 0. The minimum absolute atomic E-state index is 0. The number of imidazole rings is 1. The van der Waals surface area contributed by atoms with Crippen LogP contribution in [0.3, 0.4) is 0 Å². The van der Waals surface area contributed by atoms with Gasteiger partial charge >= 0.3 is 72.6 Å². The SMILES string of the molecule is O=c1[nH]c(=O)c2ncn([C@H]3O[C@@H](COP(=O)(O)O)[C@H](O)[C@@H]3O)c2[nH]1.[NaH].[NaH]. The molecule has 0 unspecified atom stereocenters. The molecule has 0 aromatic carbocycles. The monoisotopic (exact) mass is 412 g/mol. The predicted molar refractivity (Wildman–Crippen MR) is 89.2 cm³/mol. The van der Waals surface area contributed by atoms with E-state index >= 15 is 0 Å². The first-order valence-electron chi connectivity index (χ1n) is 6.58. The van der Waals surface area contributed by atoms with Crippen LogP contribution < -0.4 is 11.2 Å². The summed E-state index contributed by atoms with van der Waals surface area (Å²) < 4.78 is 21.4. The summed E-state index contributed by atoms with van der Waals surface area (Å²) in [5.41, 5.74) is -1.71. The molecule has 2 aromatic heterocycles. The van der Waals surface area contributed by atoms with E-state index in [1.165, 1.54) is 0 Å². The number of nitrogens with one attached hydrogen (secondary N) is 2. The van der Waals surface area contributed by atoms with E-state index in [2.05, 4.69) is 14.5 Å². The number of rotatable bonds is 4. The molecule has 1 saturated heterocycles. The maximum absolute atomic E-state index is 11.6. The normalized spacial score (nSPS) is 25.7. The molecule has 6 N–H and O–H groups in total. The molecule has 0 radical (unpaired) electrons. The van der Waals surface area contributed by atoms with Gasteiger partial charge in [0.1, 0.15) is 24.0 Å². The number of aromatic amines is 2. The Morgan fingerprint density at radius 2 is 1.88 bits per heavy atom. The van der Waals surface area contributed by atoms with Gasteiger partial charge in [0.25, 0.3) is 5.56 Å². The Kier molecular flexibility index (Phi) is 8.46. The molecule has 16 heteroatoms. The Morgan fingerprint density at radius 1 is 1.23 bits per heavy atom. The van der Waals surface area contributed by atoms with Crippen molar-refractivity contribution >= 4 is 78.1 Å². The van der Waals surface area contributed by atoms with Gasteiger partial charge < -0.3 is 24.7 Å². The molecule has 0 aliphatic carbocycles. The molecule has 1 aliphatic rings. The molecule has 26 heavy (non-hydrogen) atoms. The van der Waals surface area contributed by atoms with Crippen molar-refractivity contribution in [3.8, 4) is 0 Å². The molecule has 0 saturated carbocycles. The molecule has 0 bridgehead atoms. The summed E-state index contributed by atoms with van der Waals surface area (Å²) in [6.07, 6.45) is -4.43. The summed E-state index contributed by atoms with van der Waals surface area (Å²) in [5, 5.41) is 20.0. The van der Waals surface area contributed by atoms with Crippen molar-refractivity contribution in [3.63, 3.8) is 0 Å². The predicted octanol–water partition coefficient (Wildman–Crippen LogP) is -4.16. The zero-order chi connectivity index (χ0) is 17.6. The third-order valence-corrected chi connectivity index (χ3v) is 3.97. The second-order valence-corrected chi connectivity index (χ2v) is 6.33. The van der Waals surface area contributed by atoms with Crippen molar-refractivity contribution in [2.24, 2.45) is 0 Å². The molecule has 1 aliphatic heterocycles. The first-order chi connectivity index (χ1) is 11.2. The van der Waals surface area contributed by atoms with E-state index in [0.717, 1.165) is 10.9 Å². The van der Waals surface area contributed by atoms with Gasteiger partial charge in [-0.15, -0.1) is 0 Å². The van der Waals surface area contributed by atoms with Gasteiger partial charge in [0, 0.05) is 0 Å². The van der Waals surface area contributed by atoms with Crippen molar-refractivity contribution < 1.29 is 33.8 Å². The summed E-state index contributed by atoms with van der Waals surface area (Å²) in [5.74, 6) is 0. The van der Waals surface area contributed by atoms with Crippen molar-refractivity contribution in [1.29, 1.82) is 0 Å². The summed E-state index contributed by atoms with van der Waals surface area (Å²) in [4.78, 5) is 48.5. The van der Waals surface area contributed by atoms with Gasteiger partial charge in [0.05, 0.1) is 12.9 Å². The van der Waals surface area contributed by atoms with Crippen molar-refractivity contribution in [1.82, 2.24) is 19.5 Å². The van der Waals surface area contributed by atoms with Crippen LogP contribution in [-0.2, 0) is 13.8 Å². The molecule has 2 aromatic rings. The van der Waals surface area contributed by atoms with Crippen LogP contribution in [0.25, 0.3) is 11.2 Å². The maximum atomic E-state index is 11.6. The van der Waals surface area contributed by atoms with Crippen LogP contribution in [0.1, 0.15) is 6.23 Å². The number of hydrogen-bond donors (Lipinski definition) is 6. The first-order valence-corrected chi connectivity index (χ1v) is 8.11. The van der Waals surface area contributed by atoms with Gasteiger partial charge in [-0.2, -0.15) is 0 Å². The standard InChI is InChI=1S/C10H13N4O9P.2Na.2H/c15-5-3(1-22-24(19,20)21)23-9(6(5)16)14-2-11-4-7(14)12-10(18)13-8(4)17;;;;/h2-3,5-6,9,15-16H,1H2,(H2,19,20,21)(H2,12,13,17,18);;;;/t3-,5-,6-,9-;;;;/m0..../s1. The van der Waals surface area contributed by atoms with E-state index in [4.69, 9.17) is 14.5 Å². The number of fused-ring (bicyclic) bond motifs is 1. The molecule has 136 valence electrons. The van der Waals surface area contributed by atoms with Crippen molar-refractivity contribution in [3.05, 3.63) is 27.2 Å². The number of aliphatic hydroxyl groups is 2. The van der Waals surface area contributed by atoms with Gasteiger partial charge in [0.15, 0.2) is 11.7 Å². The van der Waals surface area contributed by atoms with E-state index in [-0.39, 0.29) is 70.3 Å². The van der Waals surface area contributed by atoms with E-state index in [1.54, 1.807) is 0 Å². The zero-order valence-electron chi connectivity index (χ0n) is 11.8. The number of aliphatic hydroxyl groups excluding tert-OH is 2. The minimum atomic E-state index is -4.78. The molecule has 3 heterocycles. The number of phosphoric ester groups is 1. The van der Waals surface area contributed by atoms with Crippen LogP contribution in [0, 0.1) is 0 Å². The van der Waals surface area contributed by atoms with Gasteiger partial charge in [0.2, 0.25) is 0 Å². The Morgan fingerprint density at radius 3 is 2.50 bits per heavy atom. The van der Waals surface area contributed by atoms with Crippen LogP contribution in [0.15, 0.2) is 15.9 Å². The van der Waals surface area contributed by atoms with Crippen LogP contribution >= 0.6 is 7.82 Å². The van der Waals surface area contributed by atoms with Gasteiger partial charge in [-0.3, -0.25) is 23.9 Å². The number of H-pyrrole nitrogens is 2. The molecule has 13 nitrogen and oxygen atoms in total. The molecule has 0 amide bonds. The number of hydrogen-bond acceptors (Lipinski definition) is 8. The van der Waals surface area contributed by atoms with Crippen molar-refractivity contribution in [2.45, 2.75) is 24.5 Å². The van der Waals surface area contributed by atoms with Crippen LogP contribution in [-0.4, -0.2) is 124 Å². The van der Waals surface area contributed by atoms with Crippen molar-refractivity contribution in [2.75, 3.05) is 6.61 Å². The molecular formula is C10H15N4Na2O9P. The Hall–Kier alpha value is 0.140. The fourth-order valence-corrected chi connectivity index (χ4v) is 2.75. The number of phosphoric acid groups is 1. The van der Waals surface area contributed by atoms with E-state index in [9.17, 15) is 24.4 Å². The van der Waals surface area contributed by atoms with E-state index in [0.29, 0.717) is 0 Å². The average molecular weight is 412 g/mol. The molecular weight excluding hydrogens is 397 g/mol. The quantitative estimate of drug-likeness (QED) is 0.211. The molecule has 3 rings (SSSR count). The number of ether oxygens (including phenoxy) is 1. The van der Waals surface area contributed by atoms with Crippen LogP contribution in [0.4, 0.5) is 0 Å². The van der Waals surface area contributed by atoms with Gasteiger partial charge in [-0.05, 0) is 0 Å². The third kappa shape index (κ3) is 4.94. The second-order valence-electron chi connectivity index (χ2n) is 5.09. The van der Waals surface area contributed by atoms with Crippen LogP contribution in [0.5, 0.6) is 0 Å². The molecule has 0 spiro atoms. The molecule has 4 atom stereocenters. The number of aromatic nitrogens is 4. The average Bonchev–Trinajstić information content (AvgIpc) is 3.00. The zero-order valence-corrected chi connectivity index (χ0v) is 12.7. The summed E-state index contributed by atoms with van der Waals surface area (Å²) in [6.45, 7) is -0.678. The Bertz CT molecular complexity index is 923. The fourth-order valence-electron chi connectivity index (χ4n) is 2.41. The topological polar surface area (TPSA) is 200 Å². The van der Waals surface area contributed by atoms with E-state index < -0.39 is 50.2 Å². The summed E-state index contributed by atoms with van der Waals surface area (Å²) in [6, 6.07) is 0. The Balaban J connectivity index is 0.00000169. The van der Waals surface area contributed by atoms with Crippen LogP contribution in [0.2, 0.25) is 0 Å². The third-order valence-electron chi connectivity index (χ3n) is 3.49. The van der Waals surface area contributed by atoms with E-state index in [1.807, 2.05) is 4.98 Å². The Labute approximate surface area is 188 Å².